The first-order valence-corrected chi connectivity index (χ1v) is 4.57. The van der Waals surface area contributed by atoms with Gasteiger partial charge in [-0.3, -0.25) is 0 Å². The second-order valence-electron chi connectivity index (χ2n) is 2.22. The summed E-state index contributed by atoms with van der Waals surface area (Å²) in [6.07, 6.45) is 3.02. The van der Waals surface area contributed by atoms with E-state index >= 15 is 0 Å². The quantitative estimate of drug-likeness (QED) is 0.399. The summed E-state index contributed by atoms with van der Waals surface area (Å²) >= 11 is 2.38. The standard InChI is InChI=1S/C8H13I/c1-4-5-8(6-9)7(2)3/h4,8H,1-2,5-6H2,3H3/t8-/m0/s1. The van der Waals surface area contributed by atoms with E-state index in [0.29, 0.717) is 5.92 Å². The summed E-state index contributed by atoms with van der Waals surface area (Å²) in [5, 5.41) is 0. The number of rotatable bonds is 4. The van der Waals surface area contributed by atoms with Crippen LogP contribution in [-0.2, 0) is 0 Å². The Morgan fingerprint density at radius 2 is 2.33 bits per heavy atom. The lowest BCUT2D eigenvalue weighted by atomic mass is 10.0. The van der Waals surface area contributed by atoms with E-state index in [1.165, 1.54) is 5.57 Å². The van der Waals surface area contributed by atoms with E-state index in [9.17, 15) is 0 Å². The maximum atomic E-state index is 3.89. The second-order valence-corrected chi connectivity index (χ2v) is 3.10. The van der Waals surface area contributed by atoms with Crippen molar-refractivity contribution in [3.8, 4) is 0 Å². The van der Waals surface area contributed by atoms with Crippen LogP contribution in [0, 0.1) is 5.92 Å². The first-order chi connectivity index (χ1) is 4.22. The molecule has 0 amide bonds. The first kappa shape index (κ1) is 9.21. The monoisotopic (exact) mass is 236 g/mol. The first-order valence-electron chi connectivity index (χ1n) is 3.04. The minimum atomic E-state index is 0.642. The van der Waals surface area contributed by atoms with Crippen molar-refractivity contribution in [1.29, 1.82) is 0 Å². The Bertz CT molecular complexity index is 105. The van der Waals surface area contributed by atoms with Crippen molar-refractivity contribution < 1.29 is 0 Å². The van der Waals surface area contributed by atoms with Gasteiger partial charge in [0.15, 0.2) is 0 Å². The molecule has 0 fully saturated rings. The van der Waals surface area contributed by atoms with E-state index < -0.39 is 0 Å². The van der Waals surface area contributed by atoms with E-state index in [1.807, 2.05) is 6.08 Å². The molecule has 9 heavy (non-hydrogen) atoms. The van der Waals surface area contributed by atoms with Crippen molar-refractivity contribution in [2.24, 2.45) is 5.92 Å². The van der Waals surface area contributed by atoms with Gasteiger partial charge in [0.25, 0.3) is 0 Å². The summed E-state index contributed by atoms with van der Waals surface area (Å²) in [6, 6.07) is 0. The Balaban J connectivity index is 3.67. The molecule has 0 aromatic heterocycles. The number of halogens is 1. The smallest absolute Gasteiger partial charge is 0.00637 e. The van der Waals surface area contributed by atoms with Crippen LogP contribution in [0.2, 0.25) is 0 Å². The number of alkyl halides is 1. The Hall–Kier alpha value is 0.210. The minimum Gasteiger partial charge on any atom is -0.103 e. The van der Waals surface area contributed by atoms with Crippen LogP contribution in [0.15, 0.2) is 24.8 Å². The van der Waals surface area contributed by atoms with Gasteiger partial charge in [-0.25, -0.2) is 0 Å². The van der Waals surface area contributed by atoms with Gasteiger partial charge in [0, 0.05) is 4.43 Å². The van der Waals surface area contributed by atoms with Crippen LogP contribution < -0.4 is 0 Å². The Morgan fingerprint density at radius 1 is 1.78 bits per heavy atom. The van der Waals surface area contributed by atoms with Crippen LogP contribution in [0.1, 0.15) is 13.3 Å². The molecule has 0 aliphatic rings. The Kier molecular flexibility index (Phi) is 5.15. The molecule has 0 unspecified atom stereocenters. The molecule has 0 N–H and O–H groups in total. The SMILES string of the molecule is C=CC[C@@H](CI)C(=C)C. The van der Waals surface area contributed by atoms with Gasteiger partial charge in [-0.05, 0) is 19.3 Å². The molecule has 0 rings (SSSR count). The van der Waals surface area contributed by atoms with Crippen LogP contribution in [0.4, 0.5) is 0 Å². The predicted octanol–water partition coefficient (Wildman–Crippen LogP) is 3.19. The summed E-state index contributed by atoms with van der Waals surface area (Å²) in [7, 11) is 0. The maximum absolute atomic E-state index is 3.89. The topological polar surface area (TPSA) is 0 Å². The van der Waals surface area contributed by atoms with Gasteiger partial charge in [-0.1, -0.05) is 40.8 Å². The van der Waals surface area contributed by atoms with Gasteiger partial charge >= 0.3 is 0 Å². The molecule has 1 heteroatoms. The van der Waals surface area contributed by atoms with Crippen molar-refractivity contribution >= 4 is 22.6 Å². The summed E-state index contributed by atoms with van der Waals surface area (Å²) in [6.45, 7) is 9.65. The van der Waals surface area contributed by atoms with E-state index in [1.54, 1.807) is 0 Å². The Labute approximate surface area is 71.2 Å². The molecule has 0 bridgehead atoms. The fourth-order valence-corrected chi connectivity index (χ4v) is 1.71. The minimum absolute atomic E-state index is 0.642. The number of hydrogen-bond acceptors (Lipinski definition) is 0. The van der Waals surface area contributed by atoms with Gasteiger partial charge in [0.2, 0.25) is 0 Å². The lowest BCUT2D eigenvalue weighted by molar-refractivity contribution is 0.721. The average molecular weight is 236 g/mol. The van der Waals surface area contributed by atoms with Crippen LogP contribution in [0.25, 0.3) is 0 Å². The molecule has 0 aromatic carbocycles. The lowest BCUT2D eigenvalue weighted by Gasteiger charge is -2.09. The van der Waals surface area contributed by atoms with Gasteiger partial charge in [0.05, 0.1) is 0 Å². The molecule has 0 radical (unpaired) electrons. The normalized spacial score (nSPS) is 12.7. The van der Waals surface area contributed by atoms with Crippen LogP contribution in [0.3, 0.4) is 0 Å². The molecule has 0 nitrogen and oxygen atoms in total. The molecule has 52 valence electrons. The molecule has 0 heterocycles. The zero-order chi connectivity index (χ0) is 7.28. The molecule has 0 saturated heterocycles. The van der Waals surface area contributed by atoms with Crippen LogP contribution in [0.5, 0.6) is 0 Å². The zero-order valence-corrected chi connectivity index (χ0v) is 8.02. The highest BCUT2D eigenvalue weighted by Gasteiger charge is 2.03. The third kappa shape index (κ3) is 3.73. The molecule has 1 atom stereocenters. The third-order valence-corrected chi connectivity index (χ3v) is 2.40. The molecule has 0 aliphatic carbocycles. The van der Waals surface area contributed by atoms with E-state index in [4.69, 9.17) is 0 Å². The fraction of sp³-hybridized carbons (Fsp3) is 0.500. The lowest BCUT2D eigenvalue weighted by Crippen LogP contribution is -2.00. The largest absolute Gasteiger partial charge is 0.103 e. The molecule has 0 spiro atoms. The van der Waals surface area contributed by atoms with Crippen molar-refractivity contribution in [2.75, 3.05) is 4.43 Å². The highest BCUT2D eigenvalue weighted by atomic mass is 127. The molecule has 0 aromatic rings. The van der Waals surface area contributed by atoms with E-state index in [-0.39, 0.29) is 0 Å². The van der Waals surface area contributed by atoms with Crippen molar-refractivity contribution in [3.63, 3.8) is 0 Å². The van der Waals surface area contributed by atoms with Gasteiger partial charge in [-0.2, -0.15) is 0 Å². The highest BCUT2D eigenvalue weighted by molar-refractivity contribution is 14.1. The van der Waals surface area contributed by atoms with Crippen molar-refractivity contribution in [2.45, 2.75) is 13.3 Å². The van der Waals surface area contributed by atoms with Crippen LogP contribution >= 0.6 is 22.6 Å². The zero-order valence-electron chi connectivity index (χ0n) is 5.86. The number of hydrogen-bond donors (Lipinski definition) is 0. The van der Waals surface area contributed by atoms with E-state index in [2.05, 4.69) is 42.7 Å². The van der Waals surface area contributed by atoms with Gasteiger partial charge in [0.1, 0.15) is 0 Å². The van der Waals surface area contributed by atoms with Crippen molar-refractivity contribution in [1.82, 2.24) is 0 Å². The summed E-state index contributed by atoms with van der Waals surface area (Å²) < 4.78 is 1.15. The average Bonchev–Trinajstić information content (AvgIpc) is 1.82. The van der Waals surface area contributed by atoms with Gasteiger partial charge < -0.3 is 0 Å². The summed E-state index contributed by atoms with van der Waals surface area (Å²) in [4.78, 5) is 0. The summed E-state index contributed by atoms with van der Waals surface area (Å²) in [5.74, 6) is 0.642. The van der Waals surface area contributed by atoms with Crippen LogP contribution in [-0.4, -0.2) is 4.43 Å². The molecular weight excluding hydrogens is 223 g/mol. The second kappa shape index (κ2) is 5.03. The van der Waals surface area contributed by atoms with E-state index in [0.717, 1.165) is 10.8 Å². The maximum Gasteiger partial charge on any atom is 0.00637 e. The third-order valence-electron chi connectivity index (χ3n) is 1.33. The highest BCUT2D eigenvalue weighted by Crippen LogP contribution is 2.15. The van der Waals surface area contributed by atoms with Crippen molar-refractivity contribution in [3.05, 3.63) is 24.8 Å². The fourth-order valence-electron chi connectivity index (χ4n) is 0.597. The number of allylic oxidation sites excluding steroid dienone is 2. The predicted molar refractivity (Wildman–Crippen MR) is 52.0 cm³/mol. The Morgan fingerprint density at radius 3 is 2.44 bits per heavy atom. The molecule has 0 saturated carbocycles. The van der Waals surface area contributed by atoms with Gasteiger partial charge in [-0.15, -0.1) is 6.58 Å². The molecular formula is C8H13I. The summed E-state index contributed by atoms with van der Waals surface area (Å²) in [5.41, 5.74) is 1.27. The molecule has 0 aliphatic heterocycles.